The molecule has 6 rings (SSSR count). The summed E-state index contributed by atoms with van der Waals surface area (Å²) < 4.78 is 31.4. The normalized spacial score (nSPS) is 22.0. The number of nitrogens with one attached hydrogen (secondary N) is 2. The molecular formula is C34H40F2N4O3. The van der Waals surface area contributed by atoms with Gasteiger partial charge in [-0.05, 0) is 99.3 Å². The van der Waals surface area contributed by atoms with Gasteiger partial charge in [-0.25, -0.2) is 8.78 Å². The number of carbonyl (C=O) groups excluding carboxylic acids is 3. The Balaban J connectivity index is 1.23. The second-order valence-corrected chi connectivity index (χ2v) is 13.3. The molecule has 3 aliphatic rings. The molecule has 1 saturated carbocycles. The number of rotatable bonds is 8. The van der Waals surface area contributed by atoms with E-state index in [0.29, 0.717) is 66.2 Å². The number of carbonyl (C=O) groups is 3. The minimum atomic E-state index is -0.655. The number of aldehydes is 1. The fraction of sp³-hybridized carbons (Fsp3) is 0.500. The Morgan fingerprint density at radius 3 is 2.51 bits per heavy atom. The number of hydrogen-bond acceptors (Lipinski definition) is 5. The molecule has 1 amide bonds. The van der Waals surface area contributed by atoms with E-state index >= 15 is 4.39 Å². The number of aromatic nitrogens is 1. The van der Waals surface area contributed by atoms with Gasteiger partial charge in [0, 0.05) is 53.8 Å². The molecule has 2 aliphatic heterocycles. The smallest absolute Gasteiger partial charge is 0.231 e. The lowest BCUT2D eigenvalue weighted by atomic mass is 9.80. The lowest BCUT2D eigenvalue weighted by Crippen LogP contribution is -2.39. The molecule has 2 N–H and O–H groups in total. The number of likely N-dealkylation sites (tertiary alicyclic amines) is 1. The molecule has 2 fully saturated rings. The van der Waals surface area contributed by atoms with E-state index in [1.807, 2.05) is 13.8 Å². The zero-order valence-corrected chi connectivity index (χ0v) is 25.0. The highest BCUT2D eigenvalue weighted by molar-refractivity contribution is 6.05. The van der Waals surface area contributed by atoms with Gasteiger partial charge in [0.1, 0.15) is 11.6 Å². The summed E-state index contributed by atoms with van der Waals surface area (Å²) in [5, 5.41) is 7.17. The molecule has 1 saturated heterocycles. The highest BCUT2D eigenvalue weighted by Gasteiger charge is 2.36. The molecule has 0 bridgehead atoms. The van der Waals surface area contributed by atoms with Crippen molar-refractivity contribution in [2.45, 2.75) is 71.3 Å². The quantitative estimate of drug-likeness (QED) is 0.306. The molecule has 2 aromatic carbocycles. The monoisotopic (exact) mass is 590 g/mol. The molecule has 3 heterocycles. The van der Waals surface area contributed by atoms with Crippen LogP contribution in [0.1, 0.15) is 79.6 Å². The van der Waals surface area contributed by atoms with Crippen LogP contribution in [0, 0.1) is 23.0 Å². The number of fused-ring (bicyclic) bond motifs is 3. The van der Waals surface area contributed by atoms with E-state index in [-0.39, 0.29) is 34.8 Å². The molecule has 3 aromatic rings. The maximum absolute atomic E-state index is 15.5. The molecule has 0 atom stereocenters. The first-order chi connectivity index (χ1) is 20.6. The van der Waals surface area contributed by atoms with Gasteiger partial charge in [0.15, 0.2) is 6.29 Å². The molecular weight excluding hydrogens is 550 g/mol. The van der Waals surface area contributed by atoms with E-state index in [0.717, 1.165) is 38.2 Å². The zero-order chi connectivity index (χ0) is 30.3. The first kappa shape index (κ1) is 29.5. The van der Waals surface area contributed by atoms with Crippen molar-refractivity contribution in [3.8, 4) is 11.1 Å². The van der Waals surface area contributed by atoms with Gasteiger partial charge < -0.3 is 15.5 Å². The number of amides is 1. The van der Waals surface area contributed by atoms with Crippen molar-refractivity contribution in [2.75, 3.05) is 31.5 Å². The van der Waals surface area contributed by atoms with Crippen molar-refractivity contribution >= 4 is 34.7 Å². The number of benzene rings is 2. The summed E-state index contributed by atoms with van der Waals surface area (Å²) in [6.07, 6.45) is 6.74. The second-order valence-electron chi connectivity index (χ2n) is 13.3. The summed E-state index contributed by atoms with van der Waals surface area (Å²) >= 11 is 0. The van der Waals surface area contributed by atoms with Crippen LogP contribution in [-0.2, 0) is 11.2 Å². The van der Waals surface area contributed by atoms with Crippen LogP contribution >= 0.6 is 0 Å². The van der Waals surface area contributed by atoms with Gasteiger partial charge in [0.25, 0.3) is 0 Å². The molecule has 0 unspecified atom stereocenters. The zero-order valence-electron chi connectivity index (χ0n) is 25.0. The van der Waals surface area contributed by atoms with Crippen molar-refractivity contribution in [3.05, 3.63) is 53.2 Å². The average molecular weight is 591 g/mol. The lowest BCUT2D eigenvalue weighted by molar-refractivity contribution is -0.126. The van der Waals surface area contributed by atoms with Crippen LogP contribution in [0.2, 0.25) is 0 Å². The maximum Gasteiger partial charge on any atom is 0.231 e. The van der Waals surface area contributed by atoms with Crippen molar-refractivity contribution in [3.63, 3.8) is 0 Å². The van der Waals surface area contributed by atoms with Crippen molar-refractivity contribution in [2.24, 2.45) is 11.3 Å². The average Bonchev–Trinajstić information content (AvgIpc) is 3.58. The Morgan fingerprint density at radius 1 is 1.05 bits per heavy atom. The van der Waals surface area contributed by atoms with E-state index in [1.54, 1.807) is 16.7 Å². The van der Waals surface area contributed by atoms with Crippen LogP contribution in [0.3, 0.4) is 0 Å². The molecule has 9 heteroatoms. The van der Waals surface area contributed by atoms with Crippen LogP contribution in [-0.4, -0.2) is 59.8 Å². The first-order valence-corrected chi connectivity index (χ1v) is 15.6. The molecule has 1 aliphatic carbocycles. The predicted molar refractivity (Wildman–Crippen MR) is 163 cm³/mol. The summed E-state index contributed by atoms with van der Waals surface area (Å²) in [7, 11) is 0. The summed E-state index contributed by atoms with van der Waals surface area (Å²) in [6, 6.07) is 7.44. The van der Waals surface area contributed by atoms with E-state index in [9.17, 15) is 18.8 Å². The Bertz CT molecular complexity index is 1570. The molecule has 7 nitrogen and oxygen atoms in total. The van der Waals surface area contributed by atoms with Crippen LogP contribution in [0.15, 0.2) is 30.3 Å². The van der Waals surface area contributed by atoms with Crippen LogP contribution in [0.5, 0.6) is 0 Å². The third-order valence-corrected chi connectivity index (χ3v) is 9.47. The topological polar surface area (TPSA) is 83.4 Å². The highest BCUT2D eigenvalue weighted by Crippen LogP contribution is 2.44. The SMILES string of the molecule is CC1(C)CC(=O)n2c(c(-c3cc(F)c(C=O)c(N[C@H]4CC[C@H](C(=O)NCCN5CCCC5)CC4)c3)c3ccc(F)cc32)C1. The maximum atomic E-state index is 15.5. The minimum absolute atomic E-state index is 0.0173. The largest absolute Gasteiger partial charge is 0.382 e. The first-order valence-electron chi connectivity index (χ1n) is 15.6. The van der Waals surface area contributed by atoms with Crippen LogP contribution in [0.25, 0.3) is 22.0 Å². The second kappa shape index (κ2) is 11.8. The predicted octanol–water partition coefficient (Wildman–Crippen LogP) is 6.19. The summed E-state index contributed by atoms with van der Waals surface area (Å²) in [6.45, 7) is 7.80. The van der Waals surface area contributed by atoms with Gasteiger partial charge >= 0.3 is 0 Å². The van der Waals surface area contributed by atoms with Gasteiger partial charge in [-0.3, -0.25) is 19.0 Å². The third-order valence-electron chi connectivity index (χ3n) is 9.47. The van der Waals surface area contributed by atoms with E-state index in [1.165, 1.54) is 31.0 Å². The fourth-order valence-corrected chi connectivity index (χ4v) is 7.30. The van der Waals surface area contributed by atoms with E-state index in [4.69, 9.17) is 0 Å². The standard InChI is InChI=1S/C34H40F2N4O3/c1-34(2)18-30-32(25-10-7-23(35)17-29(25)40(30)31(42)19-34)22-15-27(36)26(20-41)28(16-22)38-24-8-5-21(6-9-24)33(43)37-11-14-39-12-3-4-13-39/h7,10,15-17,20-21,24,38H,3-6,8-9,11-14,18-19H2,1-2H3,(H,37,43)/t21-,24-. The number of hydrogen-bond donors (Lipinski definition) is 2. The van der Waals surface area contributed by atoms with Gasteiger partial charge in [-0.1, -0.05) is 13.8 Å². The summed E-state index contributed by atoms with van der Waals surface area (Å²) in [5.41, 5.74) is 2.44. The summed E-state index contributed by atoms with van der Waals surface area (Å²) in [4.78, 5) is 40.4. The number of halogens is 2. The Hall–Kier alpha value is -3.59. The molecule has 43 heavy (non-hydrogen) atoms. The Morgan fingerprint density at radius 2 is 1.79 bits per heavy atom. The molecule has 1 aromatic heterocycles. The van der Waals surface area contributed by atoms with E-state index < -0.39 is 11.6 Å². The van der Waals surface area contributed by atoms with Crippen LogP contribution < -0.4 is 10.6 Å². The third kappa shape index (κ3) is 5.96. The minimum Gasteiger partial charge on any atom is -0.382 e. The van der Waals surface area contributed by atoms with Gasteiger partial charge in [0.2, 0.25) is 11.8 Å². The van der Waals surface area contributed by atoms with Crippen LogP contribution in [0.4, 0.5) is 14.5 Å². The Kier molecular flexibility index (Phi) is 8.11. The summed E-state index contributed by atoms with van der Waals surface area (Å²) in [5.74, 6) is -1.17. The molecule has 0 spiro atoms. The molecule has 0 radical (unpaired) electrons. The Labute approximate surface area is 251 Å². The van der Waals surface area contributed by atoms with Crippen molar-refractivity contribution in [1.29, 1.82) is 0 Å². The molecule has 228 valence electrons. The van der Waals surface area contributed by atoms with Gasteiger partial charge in [-0.15, -0.1) is 0 Å². The van der Waals surface area contributed by atoms with Gasteiger partial charge in [0.05, 0.1) is 11.1 Å². The van der Waals surface area contributed by atoms with Crippen molar-refractivity contribution in [1.82, 2.24) is 14.8 Å². The highest BCUT2D eigenvalue weighted by atomic mass is 19.1. The fourth-order valence-electron chi connectivity index (χ4n) is 7.30. The number of anilines is 1. The van der Waals surface area contributed by atoms with Crippen molar-refractivity contribution < 1.29 is 23.2 Å². The van der Waals surface area contributed by atoms with E-state index in [2.05, 4.69) is 15.5 Å². The van der Waals surface area contributed by atoms with Gasteiger partial charge in [-0.2, -0.15) is 0 Å². The number of nitrogens with zero attached hydrogens (tertiary/aromatic N) is 2. The lowest BCUT2D eigenvalue weighted by Gasteiger charge is -2.31.